The summed E-state index contributed by atoms with van der Waals surface area (Å²) in [7, 11) is 0. The first kappa shape index (κ1) is 22.9. The van der Waals surface area contributed by atoms with Gasteiger partial charge in [-0.25, -0.2) is 14.3 Å². The Morgan fingerprint density at radius 1 is 0.946 bits per heavy atom. The molecule has 186 valence electrons. The highest BCUT2D eigenvalue weighted by molar-refractivity contribution is 5.84. The van der Waals surface area contributed by atoms with E-state index in [-0.39, 0.29) is 0 Å². The van der Waals surface area contributed by atoms with Crippen LogP contribution in [0.3, 0.4) is 0 Å². The van der Waals surface area contributed by atoms with Crippen molar-refractivity contribution in [1.29, 1.82) is 0 Å². The van der Waals surface area contributed by atoms with Crippen LogP contribution in [-0.4, -0.2) is 57.1 Å². The number of morpholine rings is 1. The number of amides is 1. The SMILES string of the molecule is O=C(O)Nc1ccc(-c2c(CCc3ccc4ccccc4n3)nc3c(N4CCOCC4)ccnn23)cc1. The maximum atomic E-state index is 11.0. The number of imidazole rings is 1. The maximum absolute atomic E-state index is 11.0. The number of hydrogen-bond donors (Lipinski definition) is 2. The van der Waals surface area contributed by atoms with E-state index < -0.39 is 6.09 Å². The van der Waals surface area contributed by atoms with E-state index in [1.54, 1.807) is 18.3 Å². The molecule has 0 spiro atoms. The standard InChI is InChI=1S/C28H26N6O3/c35-28(36)31-22-9-6-20(7-10-22)26-24(12-11-21-8-5-19-3-1-2-4-23(19)30-21)32-27-25(13-14-29-34(26)27)33-15-17-37-18-16-33/h1-10,13-14,31H,11-12,15-18H2,(H,35,36). The van der Waals surface area contributed by atoms with E-state index in [9.17, 15) is 4.79 Å². The number of fused-ring (bicyclic) bond motifs is 2. The zero-order valence-corrected chi connectivity index (χ0v) is 20.2. The van der Waals surface area contributed by atoms with Gasteiger partial charge in [-0.3, -0.25) is 10.3 Å². The van der Waals surface area contributed by atoms with Gasteiger partial charge in [-0.2, -0.15) is 5.10 Å². The Morgan fingerprint density at radius 2 is 1.76 bits per heavy atom. The molecule has 0 unspecified atom stereocenters. The lowest BCUT2D eigenvalue weighted by Gasteiger charge is -2.28. The van der Waals surface area contributed by atoms with Crippen molar-refractivity contribution in [2.75, 3.05) is 36.5 Å². The van der Waals surface area contributed by atoms with Crippen molar-refractivity contribution in [2.45, 2.75) is 12.8 Å². The summed E-state index contributed by atoms with van der Waals surface area (Å²) >= 11 is 0. The number of aromatic nitrogens is 4. The molecule has 1 aliphatic rings. The molecule has 5 aromatic rings. The monoisotopic (exact) mass is 494 g/mol. The maximum Gasteiger partial charge on any atom is 0.409 e. The first-order chi connectivity index (χ1) is 18.2. The van der Waals surface area contributed by atoms with Gasteiger partial charge in [0.1, 0.15) is 0 Å². The Balaban J connectivity index is 1.40. The van der Waals surface area contributed by atoms with Crippen molar-refractivity contribution in [3.8, 4) is 11.3 Å². The second-order valence-corrected chi connectivity index (χ2v) is 8.96. The van der Waals surface area contributed by atoms with Crippen LogP contribution in [0.1, 0.15) is 11.4 Å². The van der Waals surface area contributed by atoms with Crippen LogP contribution in [0.25, 0.3) is 27.8 Å². The molecular weight excluding hydrogens is 468 g/mol. The predicted octanol–water partition coefficient (Wildman–Crippen LogP) is 4.66. The second-order valence-electron chi connectivity index (χ2n) is 8.96. The third-order valence-electron chi connectivity index (χ3n) is 6.61. The summed E-state index contributed by atoms with van der Waals surface area (Å²) in [6.07, 6.45) is 2.12. The number of nitrogens with one attached hydrogen (secondary N) is 1. The van der Waals surface area contributed by atoms with Crippen molar-refractivity contribution in [3.63, 3.8) is 0 Å². The number of pyridine rings is 1. The first-order valence-electron chi connectivity index (χ1n) is 12.3. The van der Waals surface area contributed by atoms with Crippen molar-refractivity contribution in [1.82, 2.24) is 19.6 Å². The minimum atomic E-state index is -1.09. The molecule has 0 atom stereocenters. The molecule has 0 saturated carbocycles. The van der Waals surface area contributed by atoms with Crippen LogP contribution >= 0.6 is 0 Å². The number of rotatable bonds is 6. The third-order valence-corrected chi connectivity index (χ3v) is 6.61. The Morgan fingerprint density at radius 3 is 2.57 bits per heavy atom. The molecule has 2 N–H and O–H groups in total. The van der Waals surface area contributed by atoms with Gasteiger partial charge in [0, 0.05) is 35.4 Å². The molecule has 1 aliphatic heterocycles. The van der Waals surface area contributed by atoms with Crippen molar-refractivity contribution >= 4 is 34.0 Å². The van der Waals surface area contributed by atoms with Gasteiger partial charge in [-0.15, -0.1) is 0 Å². The normalized spacial score (nSPS) is 13.8. The molecule has 9 heteroatoms. The van der Waals surface area contributed by atoms with E-state index >= 15 is 0 Å². The van der Waals surface area contributed by atoms with Crippen molar-refractivity contribution in [3.05, 3.63) is 84.3 Å². The Hall–Kier alpha value is -4.50. The number of para-hydroxylation sites is 1. The van der Waals surface area contributed by atoms with Gasteiger partial charge in [-0.1, -0.05) is 36.4 Å². The van der Waals surface area contributed by atoms with Crippen LogP contribution in [0, 0.1) is 0 Å². The fourth-order valence-electron chi connectivity index (χ4n) is 4.82. The van der Waals surface area contributed by atoms with Crippen LogP contribution in [0.4, 0.5) is 16.2 Å². The lowest BCUT2D eigenvalue weighted by atomic mass is 10.1. The second kappa shape index (κ2) is 9.87. The van der Waals surface area contributed by atoms with E-state index in [2.05, 4.69) is 33.5 Å². The lowest BCUT2D eigenvalue weighted by Crippen LogP contribution is -2.36. The van der Waals surface area contributed by atoms with Gasteiger partial charge in [0.15, 0.2) is 5.65 Å². The largest absolute Gasteiger partial charge is 0.465 e. The average Bonchev–Trinajstić information content (AvgIpc) is 3.31. The summed E-state index contributed by atoms with van der Waals surface area (Å²) in [4.78, 5) is 23.3. The highest BCUT2D eigenvalue weighted by atomic mass is 16.5. The van der Waals surface area contributed by atoms with Gasteiger partial charge in [0.05, 0.1) is 42.0 Å². The number of nitrogens with zero attached hydrogens (tertiary/aromatic N) is 5. The molecule has 0 radical (unpaired) electrons. The highest BCUT2D eigenvalue weighted by Gasteiger charge is 2.21. The summed E-state index contributed by atoms with van der Waals surface area (Å²) in [5.41, 5.74) is 7.05. The average molecular weight is 495 g/mol. The molecule has 9 nitrogen and oxygen atoms in total. The molecular formula is C28H26N6O3. The van der Waals surface area contributed by atoms with E-state index in [1.165, 1.54) is 0 Å². The molecule has 4 heterocycles. The van der Waals surface area contributed by atoms with E-state index in [0.29, 0.717) is 25.3 Å². The van der Waals surface area contributed by atoms with Crippen molar-refractivity contribution < 1.29 is 14.6 Å². The number of aryl methyl sites for hydroxylation is 2. The summed E-state index contributed by atoms with van der Waals surface area (Å²) in [5, 5.41) is 17.2. The zero-order chi connectivity index (χ0) is 25.2. The summed E-state index contributed by atoms with van der Waals surface area (Å²) in [6, 6.07) is 21.6. The van der Waals surface area contributed by atoms with E-state index in [4.69, 9.17) is 19.8 Å². The van der Waals surface area contributed by atoms with Crippen LogP contribution in [0.2, 0.25) is 0 Å². The van der Waals surface area contributed by atoms with Crippen LogP contribution in [-0.2, 0) is 17.6 Å². The number of hydrogen-bond acceptors (Lipinski definition) is 6. The summed E-state index contributed by atoms with van der Waals surface area (Å²) < 4.78 is 7.45. The lowest BCUT2D eigenvalue weighted by molar-refractivity contribution is 0.123. The van der Waals surface area contributed by atoms with E-state index in [1.807, 2.05) is 40.9 Å². The quantitative estimate of drug-likeness (QED) is 0.354. The predicted molar refractivity (Wildman–Crippen MR) is 142 cm³/mol. The fourth-order valence-corrected chi connectivity index (χ4v) is 4.82. The Labute approximate surface area is 213 Å². The minimum absolute atomic E-state index is 0.508. The summed E-state index contributed by atoms with van der Waals surface area (Å²) in [6.45, 7) is 2.96. The highest BCUT2D eigenvalue weighted by Crippen LogP contribution is 2.31. The van der Waals surface area contributed by atoms with Gasteiger partial charge in [0.25, 0.3) is 0 Å². The first-order valence-corrected chi connectivity index (χ1v) is 12.3. The van der Waals surface area contributed by atoms with Gasteiger partial charge in [0.2, 0.25) is 0 Å². The third kappa shape index (κ3) is 4.68. The molecule has 1 fully saturated rings. The number of ether oxygens (including phenoxy) is 1. The number of carbonyl (C=O) groups is 1. The van der Waals surface area contributed by atoms with Gasteiger partial charge >= 0.3 is 6.09 Å². The minimum Gasteiger partial charge on any atom is -0.465 e. The topological polar surface area (TPSA) is 105 Å². The molecule has 37 heavy (non-hydrogen) atoms. The molecule has 0 bridgehead atoms. The van der Waals surface area contributed by atoms with Crippen LogP contribution in [0.15, 0.2) is 72.9 Å². The molecule has 1 saturated heterocycles. The molecule has 3 aromatic heterocycles. The number of anilines is 2. The zero-order valence-electron chi connectivity index (χ0n) is 20.2. The smallest absolute Gasteiger partial charge is 0.409 e. The van der Waals surface area contributed by atoms with Crippen LogP contribution in [0.5, 0.6) is 0 Å². The van der Waals surface area contributed by atoms with Gasteiger partial charge < -0.3 is 14.7 Å². The molecule has 0 aliphatic carbocycles. The summed E-state index contributed by atoms with van der Waals surface area (Å²) in [5.74, 6) is 0. The molecule has 1 amide bonds. The Bertz CT molecular complexity index is 1570. The number of benzene rings is 2. The Kier molecular flexibility index (Phi) is 6.11. The number of carboxylic acid groups (broad SMARTS) is 1. The van der Waals surface area contributed by atoms with Gasteiger partial charge in [-0.05, 0) is 43.2 Å². The molecule has 6 rings (SSSR count). The van der Waals surface area contributed by atoms with Crippen molar-refractivity contribution in [2.24, 2.45) is 0 Å². The fraction of sp³-hybridized carbons (Fsp3) is 0.214. The molecule has 2 aromatic carbocycles. The van der Waals surface area contributed by atoms with E-state index in [0.717, 1.165) is 64.4 Å². The van der Waals surface area contributed by atoms with Crippen LogP contribution < -0.4 is 10.2 Å².